The van der Waals surface area contributed by atoms with Gasteiger partial charge in [0.2, 0.25) is 5.91 Å². The van der Waals surface area contributed by atoms with Crippen molar-refractivity contribution in [2.24, 2.45) is 11.1 Å². The van der Waals surface area contributed by atoms with Gasteiger partial charge in [-0.05, 0) is 37.0 Å². The summed E-state index contributed by atoms with van der Waals surface area (Å²) in [6.07, 6.45) is 3.40. The van der Waals surface area contributed by atoms with Gasteiger partial charge in [-0.1, -0.05) is 41.6 Å². The number of aryl methyl sites for hydroxylation is 1. The minimum atomic E-state index is -0.262. The summed E-state index contributed by atoms with van der Waals surface area (Å²) in [5.74, 6) is 0.0631. The van der Waals surface area contributed by atoms with Crippen LogP contribution in [0, 0.1) is 12.8 Å². The first kappa shape index (κ1) is 19.1. The van der Waals surface area contributed by atoms with Crippen molar-refractivity contribution in [2.45, 2.75) is 32.3 Å². The van der Waals surface area contributed by atoms with Crippen molar-refractivity contribution >= 4 is 23.3 Å². The zero-order chi connectivity index (χ0) is 20.2. The van der Waals surface area contributed by atoms with Crippen LogP contribution in [0.2, 0.25) is 0 Å². The van der Waals surface area contributed by atoms with Gasteiger partial charge in [-0.3, -0.25) is 9.59 Å². The number of likely N-dealkylation sites (tertiary alicyclic amines) is 1. The maximum Gasteiger partial charge on any atom is 0.271 e. The number of oxime groups is 1. The molecule has 1 N–H and O–H groups in total. The largest absolute Gasteiger partial charge is 0.387 e. The van der Waals surface area contributed by atoms with Gasteiger partial charge >= 0.3 is 0 Å². The van der Waals surface area contributed by atoms with E-state index in [1.807, 2.05) is 49.4 Å². The Morgan fingerprint density at radius 3 is 2.79 bits per heavy atom. The van der Waals surface area contributed by atoms with Crippen LogP contribution < -0.4 is 5.32 Å². The van der Waals surface area contributed by atoms with E-state index < -0.39 is 0 Å². The summed E-state index contributed by atoms with van der Waals surface area (Å²) >= 11 is 0. The molecule has 2 aromatic rings. The first-order valence-corrected chi connectivity index (χ1v) is 9.91. The fourth-order valence-corrected chi connectivity index (χ4v) is 3.74. The number of rotatable bonds is 4. The third-order valence-electron chi connectivity index (χ3n) is 5.42. The third-order valence-corrected chi connectivity index (χ3v) is 5.42. The normalized spacial score (nSPS) is 21.3. The van der Waals surface area contributed by atoms with Gasteiger partial charge in [0.1, 0.15) is 11.5 Å². The van der Waals surface area contributed by atoms with E-state index in [1.54, 1.807) is 11.1 Å². The number of piperidine rings is 1. The number of amides is 2. The molecule has 0 saturated carbocycles. The van der Waals surface area contributed by atoms with Gasteiger partial charge in [-0.25, -0.2) is 4.98 Å². The molecule has 2 unspecified atom stereocenters. The molecule has 2 atom stereocenters. The van der Waals surface area contributed by atoms with E-state index in [1.165, 1.54) is 0 Å². The van der Waals surface area contributed by atoms with Crippen molar-refractivity contribution in [3.8, 4) is 0 Å². The smallest absolute Gasteiger partial charge is 0.271 e. The molecule has 1 fully saturated rings. The molecule has 4 rings (SSSR count). The molecule has 2 aliphatic heterocycles. The molecular weight excluding hydrogens is 368 g/mol. The number of pyridine rings is 1. The summed E-state index contributed by atoms with van der Waals surface area (Å²) in [4.78, 5) is 37.1. The van der Waals surface area contributed by atoms with Gasteiger partial charge in [-0.15, -0.1) is 0 Å². The van der Waals surface area contributed by atoms with E-state index in [4.69, 9.17) is 4.84 Å². The number of nitrogens with zero attached hydrogens (tertiary/aromatic N) is 3. The summed E-state index contributed by atoms with van der Waals surface area (Å²) in [7, 11) is 0. The van der Waals surface area contributed by atoms with E-state index >= 15 is 0 Å². The number of carbonyl (C=O) groups excluding carboxylic acids is 2. The summed E-state index contributed by atoms with van der Waals surface area (Å²) in [6, 6.07) is 13.5. The highest BCUT2D eigenvalue weighted by atomic mass is 16.6. The molecule has 3 heterocycles. The molecule has 0 aliphatic carbocycles. The number of benzene rings is 1. The second-order valence-electron chi connectivity index (χ2n) is 7.50. The molecule has 0 radical (unpaired) electrons. The fraction of sp³-hybridized carbons (Fsp3) is 0.364. The Hall–Kier alpha value is -3.22. The van der Waals surface area contributed by atoms with Crippen LogP contribution in [0.4, 0.5) is 5.82 Å². The summed E-state index contributed by atoms with van der Waals surface area (Å²) in [5, 5.41) is 6.93. The van der Waals surface area contributed by atoms with E-state index in [0.717, 1.165) is 24.0 Å². The minimum absolute atomic E-state index is 0.101. The molecule has 7 nitrogen and oxygen atoms in total. The van der Waals surface area contributed by atoms with Gasteiger partial charge < -0.3 is 15.1 Å². The van der Waals surface area contributed by atoms with Crippen molar-refractivity contribution in [3.63, 3.8) is 0 Å². The summed E-state index contributed by atoms with van der Waals surface area (Å²) in [6.45, 7) is 2.91. The van der Waals surface area contributed by atoms with Crippen molar-refractivity contribution in [1.29, 1.82) is 0 Å². The van der Waals surface area contributed by atoms with Gasteiger partial charge in [0.25, 0.3) is 5.91 Å². The third kappa shape index (κ3) is 4.29. The van der Waals surface area contributed by atoms with Crippen molar-refractivity contribution in [2.75, 3.05) is 18.4 Å². The molecule has 1 aromatic heterocycles. The van der Waals surface area contributed by atoms with E-state index in [0.29, 0.717) is 31.0 Å². The molecule has 2 aliphatic rings. The predicted octanol–water partition coefficient (Wildman–Crippen LogP) is 3.08. The van der Waals surface area contributed by atoms with Crippen LogP contribution >= 0.6 is 0 Å². The van der Waals surface area contributed by atoms with Crippen LogP contribution in [0.5, 0.6) is 0 Å². The zero-order valence-corrected chi connectivity index (χ0v) is 16.4. The number of nitrogens with one attached hydrogen (secondary N) is 1. The Morgan fingerprint density at radius 1 is 1.17 bits per heavy atom. The van der Waals surface area contributed by atoms with Crippen LogP contribution in [-0.2, 0) is 14.4 Å². The van der Waals surface area contributed by atoms with Crippen molar-refractivity contribution in [1.82, 2.24) is 9.88 Å². The Kier molecular flexibility index (Phi) is 5.55. The molecule has 2 amide bonds. The standard InChI is InChI=1S/C22H24N4O3/c1-15-7-5-11-23-20(15)24-21(27)17-10-6-12-26(14-17)22(28)18-13-19(29-25-18)16-8-3-2-4-9-16/h2-5,7-9,11,17,19H,6,10,12-14H2,1H3,(H,23,24,27). The minimum Gasteiger partial charge on any atom is -0.387 e. The van der Waals surface area contributed by atoms with E-state index in [9.17, 15) is 9.59 Å². The molecular formula is C22H24N4O3. The first-order valence-electron chi connectivity index (χ1n) is 9.91. The highest BCUT2D eigenvalue weighted by Crippen LogP contribution is 2.28. The van der Waals surface area contributed by atoms with Crippen molar-refractivity contribution < 1.29 is 14.4 Å². The second kappa shape index (κ2) is 8.43. The van der Waals surface area contributed by atoms with Crippen molar-refractivity contribution in [3.05, 3.63) is 59.8 Å². The molecule has 29 heavy (non-hydrogen) atoms. The second-order valence-corrected chi connectivity index (χ2v) is 7.50. The Bertz CT molecular complexity index is 929. The Morgan fingerprint density at radius 2 is 2.00 bits per heavy atom. The average Bonchev–Trinajstić information content (AvgIpc) is 3.26. The quantitative estimate of drug-likeness (QED) is 0.867. The molecule has 0 bridgehead atoms. The van der Waals surface area contributed by atoms with Crippen LogP contribution in [0.25, 0.3) is 0 Å². The lowest BCUT2D eigenvalue weighted by Crippen LogP contribution is -2.46. The maximum atomic E-state index is 12.9. The fourth-order valence-electron chi connectivity index (χ4n) is 3.74. The molecule has 1 aromatic carbocycles. The number of aromatic nitrogens is 1. The number of hydrogen-bond donors (Lipinski definition) is 1. The molecule has 7 heteroatoms. The van der Waals surface area contributed by atoms with Gasteiger partial charge in [-0.2, -0.15) is 0 Å². The van der Waals surface area contributed by atoms with Gasteiger partial charge in [0.15, 0.2) is 6.10 Å². The SMILES string of the molecule is Cc1cccnc1NC(=O)C1CCCN(C(=O)C2=NOC(c3ccccc3)C2)C1. The molecule has 0 spiro atoms. The molecule has 150 valence electrons. The van der Waals surface area contributed by atoms with Crippen LogP contribution in [0.15, 0.2) is 53.8 Å². The highest BCUT2D eigenvalue weighted by molar-refractivity contribution is 6.39. The number of hydrogen-bond acceptors (Lipinski definition) is 5. The van der Waals surface area contributed by atoms with Crippen LogP contribution in [0.1, 0.15) is 36.5 Å². The summed E-state index contributed by atoms with van der Waals surface area (Å²) in [5.41, 5.74) is 2.33. The van der Waals surface area contributed by atoms with E-state index in [2.05, 4.69) is 15.5 Å². The summed E-state index contributed by atoms with van der Waals surface area (Å²) < 4.78 is 0. The van der Waals surface area contributed by atoms with Gasteiger partial charge in [0, 0.05) is 25.7 Å². The molecule has 1 saturated heterocycles. The monoisotopic (exact) mass is 392 g/mol. The zero-order valence-electron chi connectivity index (χ0n) is 16.4. The van der Waals surface area contributed by atoms with Gasteiger partial charge in [0.05, 0.1) is 5.92 Å². The van der Waals surface area contributed by atoms with Crippen LogP contribution in [0.3, 0.4) is 0 Å². The lowest BCUT2D eigenvalue weighted by Gasteiger charge is -2.31. The Labute approximate surface area is 169 Å². The highest BCUT2D eigenvalue weighted by Gasteiger charge is 2.34. The number of anilines is 1. The lowest BCUT2D eigenvalue weighted by molar-refractivity contribution is -0.128. The number of carbonyl (C=O) groups is 2. The first-order chi connectivity index (χ1) is 14.1. The topological polar surface area (TPSA) is 83.9 Å². The predicted molar refractivity (Wildman–Crippen MR) is 109 cm³/mol. The lowest BCUT2D eigenvalue weighted by atomic mass is 9.96. The Balaban J connectivity index is 1.36. The van der Waals surface area contributed by atoms with Crippen LogP contribution in [-0.4, -0.2) is 40.5 Å². The maximum absolute atomic E-state index is 12.9. The van der Waals surface area contributed by atoms with E-state index in [-0.39, 0.29) is 23.8 Å². The average molecular weight is 392 g/mol.